The number of rotatable bonds is 8. The van der Waals surface area contributed by atoms with Crippen LogP contribution in [-0.4, -0.2) is 18.4 Å². The van der Waals surface area contributed by atoms with E-state index in [1.54, 1.807) is 24.3 Å². The second kappa shape index (κ2) is 9.50. The van der Waals surface area contributed by atoms with E-state index < -0.39 is 0 Å². The summed E-state index contributed by atoms with van der Waals surface area (Å²) in [6, 6.07) is 16.7. The van der Waals surface area contributed by atoms with Gasteiger partial charge in [-0.25, -0.2) is 0 Å². The summed E-state index contributed by atoms with van der Waals surface area (Å²) in [6.07, 6.45) is 4.70. The minimum Gasteiger partial charge on any atom is -0.343 e. The van der Waals surface area contributed by atoms with Gasteiger partial charge in [0.1, 0.15) is 0 Å². The summed E-state index contributed by atoms with van der Waals surface area (Å²) in [5.41, 5.74) is 2.56. The number of carbonyl (C=O) groups is 2. The van der Waals surface area contributed by atoms with Crippen molar-refractivity contribution in [1.82, 2.24) is 5.32 Å². The Morgan fingerprint density at radius 3 is 2.29 bits per heavy atom. The summed E-state index contributed by atoms with van der Waals surface area (Å²) in [6.45, 7) is 2.14. The molecule has 2 rings (SSSR count). The Balaban J connectivity index is 1.76. The van der Waals surface area contributed by atoms with Crippen molar-refractivity contribution in [3.05, 3.63) is 65.7 Å². The molecule has 0 unspecified atom stereocenters. The largest absolute Gasteiger partial charge is 0.343 e. The Kier molecular flexibility index (Phi) is 7.02. The molecule has 0 aliphatic rings. The van der Waals surface area contributed by atoms with Crippen LogP contribution in [-0.2, 0) is 11.2 Å². The van der Waals surface area contributed by atoms with Crippen LogP contribution < -0.4 is 10.6 Å². The fourth-order valence-corrected chi connectivity index (χ4v) is 2.39. The maximum atomic E-state index is 11.9. The van der Waals surface area contributed by atoms with Gasteiger partial charge >= 0.3 is 0 Å². The molecule has 0 aliphatic heterocycles. The van der Waals surface area contributed by atoms with Gasteiger partial charge in [-0.05, 0) is 42.7 Å². The third-order valence-electron chi connectivity index (χ3n) is 3.75. The van der Waals surface area contributed by atoms with Crippen LogP contribution in [0.3, 0.4) is 0 Å². The van der Waals surface area contributed by atoms with Gasteiger partial charge in [-0.2, -0.15) is 0 Å². The molecule has 0 saturated heterocycles. The minimum absolute atomic E-state index is 0.0496. The summed E-state index contributed by atoms with van der Waals surface area (Å²) < 4.78 is 0. The summed E-state index contributed by atoms with van der Waals surface area (Å²) >= 11 is 0. The predicted molar refractivity (Wildman–Crippen MR) is 97.1 cm³/mol. The lowest BCUT2D eigenvalue weighted by atomic mass is 10.1. The van der Waals surface area contributed by atoms with E-state index in [1.165, 1.54) is 24.8 Å². The number of carbonyl (C=O) groups excluding carboxylic acids is 2. The number of amides is 2. The van der Waals surface area contributed by atoms with E-state index in [-0.39, 0.29) is 18.4 Å². The van der Waals surface area contributed by atoms with Crippen molar-refractivity contribution in [2.45, 2.75) is 32.6 Å². The van der Waals surface area contributed by atoms with Gasteiger partial charge in [0.2, 0.25) is 5.91 Å². The van der Waals surface area contributed by atoms with Crippen molar-refractivity contribution in [2.75, 3.05) is 11.9 Å². The van der Waals surface area contributed by atoms with Crippen molar-refractivity contribution < 1.29 is 9.59 Å². The fraction of sp³-hybridized carbons (Fsp3) is 0.300. The number of hydrogen-bond donors (Lipinski definition) is 2. The zero-order valence-corrected chi connectivity index (χ0v) is 14.0. The first-order valence-electron chi connectivity index (χ1n) is 8.41. The summed E-state index contributed by atoms with van der Waals surface area (Å²) in [5.74, 6) is -0.491. The van der Waals surface area contributed by atoms with Gasteiger partial charge in [0, 0.05) is 11.3 Å². The standard InChI is InChI=1S/C20H24N2O2/c1-2-3-5-8-16-11-13-18(14-12-16)22-19(23)15-21-20(24)17-9-6-4-7-10-17/h4,6-7,9-14H,2-3,5,8,15H2,1H3,(H,21,24)(H,22,23). The van der Waals surface area contributed by atoms with E-state index in [0.29, 0.717) is 5.56 Å². The smallest absolute Gasteiger partial charge is 0.251 e. The lowest BCUT2D eigenvalue weighted by Gasteiger charge is -2.08. The maximum Gasteiger partial charge on any atom is 0.251 e. The monoisotopic (exact) mass is 324 g/mol. The van der Waals surface area contributed by atoms with Crippen LogP contribution in [0.5, 0.6) is 0 Å². The maximum absolute atomic E-state index is 11.9. The molecule has 0 spiro atoms. The van der Waals surface area contributed by atoms with Gasteiger partial charge in [0.15, 0.2) is 0 Å². The highest BCUT2D eigenvalue weighted by atomic mass is 16.2. The van der Waals surface area contributed by atoms with Crippen LogP contribution in [0, 0.1) is 0 Å². The van der Waals surface area contributed by atoms with E-state index in [9.17, 15) is 9.59 Å². The van der Waals surface area contributed by atoms with Crippen molar-refractivity contribution >= 4 is 17.5 Å². The van der Waals surface area contributed by atoms with E-state index in [0.717, 1.165) is 12.1 Å². The zero-order chi connectivity index (χ0) is 17.2. The van der Waals surface area contributed by atoms with E-state index in [4.69, 9.17) is 0 Å². The molecule has 2 amide bonds. The molecule has 4 heteroatoms. The highest BCUT2D eigenvalue weighted by molar-refractivity contribution is 5.99. The molecule has 24 heavy (non-hydrogen) atoms. The van der Waals surface area contributed by atoms with Gasteiger partial charge in [0.05, 0.1) is 6.54 Å². The molecule has 0 aromatic heterocycles. The second-order valence-electron chi connectivity index (χ2n) is 5.75. The van der Waals surface area contributed by atoms with Gasteiger partial charge in [-0.15, -0.1) is 0 Å². The molecule has 0 radical (unpaired) electrons. The summed E-state index contributed by atoms with van der Waals surface area (Å²) in [5, 5.41) is 5.40. The van der Waals surface area contributed by atoms with Gasteiger partial charge in [-0.1, -0.05) is 50.1 Å². The Bertz CT molecular complexity index is 651. The Labute approximate surface area is 143 Å². The van der Waals surface area contributed by atoms with E-state index in [2.05, 4.69) is 17.6 Å². The Hall–Kier alpha value is -2.62. The van der Waals surface area contributed by atoms with Gasteiger partial charge in [0.25, 0.3) is 5.91 Å². The lowest BCUT2D eigenvalue weighted by molar-refractivity contribution is -0.115. The molecule has 2 aromatic rings. The van der Waals surface area contributed by atoms with Crippen molar-refractivity contribution in [1.29, 1.82) is 0 Å². The molecule has 0 bridgehead atoms. The average molecular weight is 324 g/mol. The minimum atomic E-state index is -0.253. The molecule has 2 aromatic carbocycles. The van der Waals surface area contributed by atoms with Crippen LogP contribution in [0.4, 0.5) is 5.69 Å². The number of nitrogens with one attached hydrogen (secondary N) is 2. The Morgan fingerprint density at radius 2 is 1.62 bits per heavy atom. The number of aryl methyl sites for hydroxylation is 1. The normalized spacial score (nSPS) is 10.2. The molecule has 0 atom stereocenters. The topological polar surface area (TPSA) is 58.2 Å². The van der Waals surface area contributed by atoms with Crippen LogP contribution in [0.25, 0.3) is 0 Å². The van der Waals surface area contributed by atoms with Gasteiger partial charge < -0.3 is 10.6 Å². The molecule has 0 aliphatic carbocycles. The SMILES string of the molecule is CCCCCc1ccc(NC(=O)CNC(=O)c2ccccc2)cc1. The molecule has 0 saturated carbocycles. The molecule has 4 nitrogen and oxygen atoms in total. The summed E-state index contributed by atoms with van der Waals surface area (Å²) in [4.78, 5) is 23.8. The number of anilines is 1. The summed E-state index contributed by atoms with van der Waals surface area (Å²) in [7, 11) is 0. The van der Waals surface area contributed by atoms with Crippen molar-refractivity contribution in [2.24, 2.45) is 0 Å². The molecular weight excluding hydrogens is 300 g/mol. The van der Waals surface area contributed by atoms with Crippen LogP contribution in [0.1, 0.15) is 42.1 Å². The molecular formula is C20H24N2O2. The molecule has 0 fully saturated rings. The highest BCUT2D eigenvalue weighted by Gasteiger charge is 2.07. The van der Waals surface area contributed by atoms with E-state index in [1.807, 2.05) is 30.3 Å². The third kappa shape index (κ3) is 5.88. The van der Waals surface area contributed by atoms with Crippen LogP contribution >= 0.6 is 0 Å². The molecule has 126 valence electrons. The lowest BCUT2D eigenvalue weighted by Crippen LogP contribution is -2.32. The highest BCUT2D eigenvalue weighted by Crippen LogP contribution is 2.12. The van der Waals surface area contributed by atoms with Gasteiger partial charge in [-0.3, -0.25) is 9.59 Å². The van der Waals surface area contributed by atoms with Crippen molar-refractivity contribution in [3.8, 4) is 0 Å². The second-order valence-corrected chi connectivity index (χ2v) is 5.75. The third-order valence-corrected chi connectivity index (χ3v) is 3.75. The predicted octanol–water partition coefficient (Wildman–Crippen LogP) is 3.79. The first-order valence-corrected chi connectivity index (χ1v) is 8.41. The van der Waals surface area contributed by atoms with Crippen LogP contribution in [0.2, 0.25) is 0 Å². The quantitative estimate of drug-likeness (QED) is 0.726. The first-order chi connectivity index (χ1) is 11.7. The molecule has 2 N–H and O–H groups in total. The van der Waals surface area contributed by atoms with E-state index >= 15 is 0 Å². The first kappa shape index (κ1) is 17.7. The van der Waals surface area contributed by atoms with Crippen molar-refractivity contribution in [3.63, 3.8) is 0 Å². The fourth-order valence-electron chi connectivity index (χ4n) is 2.39. The number of hydrogen-bond acceptors (Lipinski definition) is 2. The number of unbranched alkanes of at least 4 members (excludes halogenated alkanes) is 2. The zero-order valence-electron chi connectivity index (χ0n) is 14.0. The number of benzene rings is 2. The molecule has 0 heterocycles. The van der Waals surface area contributed by atoms with Crippen LogP contribution in [0.15, 0.2) is 54.6 Å². The Morgan fingerprint density at radius 1 is 0.917 bits per heavy atom. The average Bonchev–Trinajstić information content (AvgIpc) is 2.62.